The maximum Gasteiger partial charge on any atom is 0.408 e. The van der Waals surface area contributed by atoms with E-state index >= 15 is 0 Å². The lowest BCUT2D eigenvalue weighted by Crippen LogP contribution is -2.24. The van der Waals surface area contributed by atoms with Gasteiger partial charge < -0.3 is 15.2 Å². The van der Waals surface area contributed by atoms with E-state index in [-0.39, 0.29) is 13.2 Å². The zero-order valence-corrected chi connectivity index (χ0v) is 14.2. The minimum Gasteiger partial charge on any atom is -0.481 e. The Morgan fingerprint density at radius 2 is 1.77 bits per heavy atom. The lowest BCUT2D eigenvalue weighted by molar-refractivity contribution is -0.140. The molecular formula is C21H19NO4. The molecule has 5 heteroatoms. The van der Waals surface area contributed by atoms with Gasteiger partial charge in [0.05, 0.1) is 12.0 Å². The molecule has 26 heavy (non-hydrogen) atoms. The van der Waals surface area contributed by atoms with Gasteiger partial charge >= 0.3 is 12.1 Å². The molecule has 0 bridgehead atoms. The Balaban J connectivity index is 1.45. The quantitative estimate of drug-likeness (QED) is 0.814. The number of hydrogen-bond acceptors (Lipinski definition) is 3. The van der Waals surface area contributed by atoms with Gasteiger partial charge in [-0.1, -0.05) is 54.3 Å². The molecule has 0 aromatic heterocycles. The summed E-state index contributed by atoms with van der Waals surface area (Å²) < 4.78 is 5.09. The van der Waals surface area contributed by atoms with Crippen molar-refractivity contribution >= 4 is 12.1 Å². The number of nitrogens with one attached hydrogen (secondary N) is 1. The van der Waals surface area contributed by atoms with Gasteiger partial charge in [0.2, 0.25) is 0 Å². The minimum absolute atomic E-state index is 0.175. The second-order valence-electron chi connectivity index (χ2n) is 6.18. The first-order chi connectivity index (χ1) is 12.6. The van der Waals surface area contributed by atoms with Crippen LogP contribution in [0, 0.1) is 11.8 Å². The van der Waals surface area contributed by atoms with Crippen molar-refractivity contribution in [3.05, 3.63) is 71.3 Å². The van der Waals surface area contributed by atoms with Crippen LogP contribution in [0.4, 0.5) is 4.79 Å². The van der Waals surface area contributed by atoms with Gasteiger partial charge in [-0.25, -0.2) is 4.79 Å². The van der Waals surface area contributed by atoms with Crippen molar-refractivity contribution in [3.63, 3.8) is 0 Å². The highest BCUT2D eigenvalue weighted by Crippen LogP contribution is 2.48. The van der Waals surface area contributed by atoms with Crippen LogP contribution in [-0.4, -0.2) is 23.7 Å². The van der Waals surface area contributed by atoms with E-state index in [1.807, 2.05) is 42.5 Å². The minimum atomic E-state index is -0.769. The number of benzene rings is 2. The molecule has 5 nitrogen and oxygen atoms in total. The maximum absolute atomic E-state index is 11.6. The first kappa shape index (κ1) is 17.6. The number of ether oxygens (including phenoxy) is 1. The molecule has 0 saturated heterocycles. The van der Waals surface area contributed by atoms with Crippen LogP contribution in [0.5, 0.6) is 0 Å². The van der Waals surface area contributed by atoms with Gasteiger partial charge in [0.15, 0.2) is 0 Å². The van der Waals surface area contributed by atoms with Crippen LogP contribution in [0.25, 0.3) is 0 Å². The summed E-state index contributed by atoms with van der Waals surface area (Å²) in [6.45, 7) is 0.390. The van der Waals surface area contributed by atoms with Crippen LogP contribution in [0.3, 0.4) is 0 Å². The van der Waals surface area contributed by atoms with Crippen molar-refractivity contribution in [1.29, 1.82) is 0 Å². The first-order valence-electron chi connectivity index (χ1n) is 8.37. The number of hydrogen-bond donors (Lipinski definition) is 2. The molecule has 0 heterocycles. The Morgan fingerprint density at radius 3 is 2.38 bits per heavy atom. The van der Waals surface area contributed by atoms with Crippen LogP contribution in [-0.2, 0) is 21.6 Å². The van der Waals surface area contributed by atoms with Crippen molar-refractivity contribution in [2.45, 2.75) is 24.9 Å². The second-order valence-corrected chi connectivity index (χ2v) is 6.18. The fourth-order valence-corrected chi connectivity index (χ4v) is 2.66. The van der Waals surface area contributed by atoms with Gasteiger partial charge in [0.25, 0.3) is 0 Å². The van der Waals surface area contributed by atoms with Gasteiger partial charge in [-0.3, -0.25) is 4.79 Å². The monoisotopic (exact) mass is 349 g/mol. The van der Waals surface area contributed by atoms with Crippen molar-refractivity contribution in [2.24, 2.45) is 0 Å². The van der Waals surface area contributed by atoms with Gasteiger partial charge in [0.1, 0.15) is 6.61 Å². The van der Waals surface area contributed by atoms with Crippen molar-refractivity contribution in [2.75, 3.05) is 6.54 Å². The number of amides is 1. The standard InChI is InChI=1S/C21H19NO4/c23-19(24)21(12-13-21)18-10-8-16(9-11-18)7-4-14-22-20(25)26-15-17-5-2-1-3-6-17/h1-3,5-6,8-11H,12-15H2,(H,22,25)(H,23,24). The molecule has 2 N–H and O–H groups in total. The third-order valence-corrected chi connectivity index (χ3v) is 4.36. The first-order valence-corrected chi connectivity index (χ1v) is 8.37. The predicted molar refractivity (Wildman–Crippen MR) is 96.5 cm³/mol. The SMILES string of the molecule is O=C(NCC#Cc1ccc(C2(C(=O)O)CC2)cc1)OCc1ccccc1. The molecule has 0 aliphatic heterocycles. The van der Waals surface area contributed by atoms with Crippen molar-refractivity contribution < 1.29 is 19.4 Å². The summed E-state index contributed by atoms with van der Waals surface area (Å²) in [6.07, 6.45) is 0.848. The molecule has 1 aliphatic carbocycles. The van der Waals surface area contributed by atoms with E-state index in [4.69, 9.17) is 4.74 Å². The number of carboxylic acid groups (broad SMARTS) is 1. The van der Waals surface area contributed by atoms with Crippen LogP contribution in [0.15, 0.2) is 54.6 Å². The van der Waals surface area contributed by atoms with Gasteiger partial charge in [0, 0.05) is 5.56 Å². The van der Waals surface area contributed by atoms with E-state index in [0.717, 1.165) is 16.7 Å². The largest absolute Gasteiger partial charge is 0.481 e. The van der Waals surface area contributed by atoms with Crippen LogP contribution >= 0.6 is 0 Å². The molecule has 2 aromatic rings. The average Bonchev–Trinajstić information content (AvgIpc) is 3.47. The Hall–Kier alpha value is -3.26. The van der Waals surface area contributed by atoms with E-state index < -0.39 is 17.5 Å². The number of carbonyl (C=O) groups is 2. The number of carboxylic acids is 1. The van der Waals surface area contributed by atoms with Gasteiger partial charge in [-0.15, -0.1) is 0 Å². The zero-order valence-electron chi connectivity index (χ0n) is 14.2. The average molecular weight is 349 g/mol. The molecule has 1 fully saturated rings. The highest BCUT2D eigenvalue weighted by Gasteiger charge is 2.51. The molecule has 1 aliphatic rings. The molecule has 3 rings (SSSR count). The second kappa shape index (κ2) is 7.75. The lowest BCUT2D eigenvalue weighted by Gasteiger charge is -2.09. The number of alkyl carbamates (subject to hydrolysis) is 1. The summed E-state index contributed by atoms with van der Waals surface area (Å²) in [4.78, 5) is 22.9. The fraction of sp³-hybridized carbons (Fsp3) is 0.238. The van der Waals surface area contributed by atoms with E-state index in [9.17, 15) is 14.7 Å². The molecule has 1 amide bonds. The molecule has 1 saturated carbocycles. The summed E-state index contributed by atoms with van der Waals surface area (Å²) >= 11 is 0. The van der Waals surface area contributed by atoms with Gasteiger partial charge in [-0.2, -0.15) is 0 Å². The van der Waals surface area contributed by atoms with Crippen LogP contribution < -0.4 is 5.32 Å². The van der Waals surface area contributed by atoms with Crippen molar-refractivity contribution in [1.82, 2.24) is 5.32 Å². The summed E-state index contributed by atoms with van der Waals surface area (Å²) in [5, 5.41) is 11.9. The number of rotatable bonds is 5. The Morgan fingerprint density at radius 1 is 1.08 bits per heavy atom. The third-order valence-electron chi connectivity index (χ3n) is 4.36. The zero-order chi connectivity index (χ0) is 18.4. The summed E-state index contributed by atoms with van der Waals surface area (Å²) in [7, 11) is 0. The predicted octanol–water partition coefficient (Wildman–Crippen LogP) is 3.08. The lowest BCUT2D eigenvalue weighted by atomic mass is 9.95. The molecule has 0 unspecified atom stereocenters. The molecule has 2 aromatic carbocycles. The molecule has 0 spiro atoms. The van der Waals surface area contributed by atoms with Crippen molar-refractivity contribution in [3.8, 4) is 11.8 Å². The highest BCUT2D eigenvalue weighted by atomic mass is 16.5. The topological polar surface area (TPSA) is 75.6 Å². The van der Waals surface area contributed by atoms with E-state index in [0.29, 0.717) is 12.8 Å². The maximum atomic E-state index is 11.6. The molecule has 0 radical (unpaired) electrons. The molecule has 0 atom stereocenters. The normalized spacial score (nSPS) is 13.8. The number of carbonyl (C=O) groups excluding carboxylic acids is 1. The highest BCUT2D eigenvalue weighted by molar-refractivity contribution is 5.84. The Labute approximate surface area is 152 Å². The van der Waals surface area contributed by atoms with Crippen LogP contribution in [0.2, 0.25) is 0 Å². The van der Waals surface area contributed by atoms with E-state index in [1.54, 1.807) is 12.1 Å². The summed E-state index contributed by atoms with van der Waals surface area (Å²) in [5.41, 5.74) is 1.81. The smallest absolute Gasteiger partial charge is 0.408 e. The van der Waals surface area contributed by atoms with Crippen LogP contribution in [0.1, 0.15) is 29.5 Å². The van der Waals surface area contributed by atoms with E-state index in [1.165, 1.54) is 0 Å². The summed E-state index contributed by atoms with van der Waals surface area (Å²) in [6, 6.07) is 16.7. The number of aliphatic carboxylic acids is 1. The fourth-order valence-electron chi connectivity index (χ4n) is 2.66. The summed E-state index contributed by atoms with van der Waals surface area (Å²) in [5.74, 6) is 5.01. The molecule has 132 valence electrons. The molecular weight excluding hydrogens is 330 g/mol. The third kappa shape index (κ3) is 4.22. The van der Waals surface area contributed by atoms with E-state index in [2.05, 4.69) is 17.2 Å². The Bertz CT molecular complexity index is 843. The Kier molecular flexibility index (Phi) is 5.23. The van der Waals surface area contributed by atoms with Gasteiger partial charge in [-0.05, 0) is 36.1 Å².